The molecular formula is C33H32F4N6O3S. The molecular weight excluding hydrogens is 636 g/mol. The molecule has 3 aromatic carbocycles. The zero-order chi connectivity index (χ0) is 33.9. The third-order valence-electron chi connectivity index (χ3n) is 7.28. The maximum Gasteiger partial charge on any atom is 0.573 e. The van der Waals surface area contributed by atoms with Crippen LogP contribution in [0.5, 0.6) is 11.5 Å². The van der Waals surface area contributed by atoms with Gasteiger partial charge in [-0.1, -0.05) is 38.1 Å². The fourth-order valence-electron chi connectivity index (χ4n) is 4.90. The third-order valence-corrected chi connectivity index (χ3v) is 8.22. The molecule has 0 saturated carbocycles. The number of rotatable bonds is 9. The Hall–Kier alpha value is -4.98. The van der Waals surface area contributed by atoms with Gasteiger partial charge in [-0.25, -0.2) is 18.9 Å². The summed E-state index contributed by atoms with van der Waals surface area (Å²) in [6.07, 6.45) is -4.90. The maximum atomic E-state index is 15.5. The second kappa shape index (κ2) is 13.8. The van der Waals surface area contributed by atoms with Crippen LogP contribution in [0.2, 0.25) is 0 Å². The third kappa shape index (κ3) is 7.88. The molecule has 5 rings (SSSR count). The summed E-state index contributed by atoms with van der Waals surface area (Å²) in [5, 5.41) is 8.93. The van der Waals surface area contributed by atoms with Crippen molar-refractivity contribution in [3.63, 3.8) is 0 Å². The Morgan fingerprint density at radius 3 is 2.32 bits per heavy atom. The minimum atomic E-state index is -4.78. The lowest BCUT2D eigenvalue weighted by atomic mass is 10.0. The summed E-state index contributed by atoms with van der Waals surface area (Å²) in [5.41, 5.74) is 4.22. The zero-order valence-corrected chi connectivity index (χ0v) is 26.9. The number of aromatic nitrogens is 4. The fraction of sp³-hybridized carbons (Fsp3) is 0.273. The number of halogens is 4. The van der Waals surface area contributed by atoms with E-state index >= 15 is 4.39 Å². The number of hydrogen-bond acceptors (Lipinski definition) is 6. The van der Waals surface area contributed by atoms with Crippen molar-refractivity contribution in [1.29, 1.82) is 0 Å². The molecule has 246 valence electrons. The molecule has 2 heterocycles. The number of ether oxygens (including phenoxy) is 2. The van der Waals surface area contributed by atoms with Gasteiger partial charge in [0.05, 0.1) is 24.5 Å². The molecule has 0 aliphatic rings. The summed E-state index contributed by atoms with van der Waals surface area (Å²) in [4.78, 5) is 21.9. The predicted octanol–water partition coefficient (Wildman–Crippen LogP) is 7.84. The van der Waals surface area contributed by atoms with E-state index in [4.69, 9.17) is 4.74 Å². The standard InChI is InChI=1S/C33H32F4N6O3S/c1-19(2)27-16-26(45-5)14-15-28(27)43-20(3)17-47-32(43)40-31(44)39-21(4)29(34)22-6-8-23(9-7-22)30-38-18-42(41-30)24-10-12-25(13-11-24)46-33(35,36)37/h6-19,21,29H,1-5H3,(H,39,44)/b40-32-. The molecule has 0 fully saturated rings. The van der Waals surface area contributed by atoms with Gasteiger partial charge in [-0.15, -0.1) is 29.6 Å². The molecule has 5 aromatic rings. The number of methoxy groups -OCH3 is 1. The number of urea groups is 1. The number of thiazole rings is 1. The van der Waals surface area contributed by atoms with E-state index in [1.807, 2.05) is 35.1 Å². The van der Waals surface area contributed by atoms with Gasteiger partial charge >= 0.3 is 12.4 Å². The maximum absolute atomic E-state index is 15.5. The average molecular weight is 669 g/mol. The van der Waals surface area contributed by atoms with Crippen molar-refractivity contribution >= 4 is 17.4 Å². The number of benzene rings is 3. The van der Waals surface area contributed by atoms with Gasteiger partial charge in [-0.3, -0.25) is 4.57 Å². The molecule has 0 aliphatic carbocycles. The summed E-state index contributed by atoms with van der Waals surface area (Å²) >= 11 is 1.31. The van der Waals surface area contributed by atoms with E-state index in [0.717, 1.165) is 22.7 Å². The SMILES string of the molecule is COc1ccc(-n2c(C)cs/c2=N\C(=O)NC(C)C(F)c2ccc(-c3ncn(-c4ccc(OC(F)(F)F)cc4)n3)cc2)c(C(C)C)c1. The number of amides is 2. The number of nitrogens with one attached hydrogen (secondary N) is 1. The fourth-order valence-corrected chi connectivity index (χ4v) is 5.77. The highest BCUT2D eigenvalue weighted by Crippen LogP contribution is 2.29. The highest BCUT2D eigenvalue weighted by atomic mass is 32.1. The van der Waals surface area contributed by atoms with E-state index in [-0.39, 0.29) is 11.7 Å². The van der Waals surface area contributed by atoms with Gasteiger partial charge in [0, 0.05) is 16.6 Å². The first-order chi connectivity index (χ1) is 22.3. The number of aryl methyl sites for hydroxylation is 1. The molecule has 9 nitrogen and oxygen atoms in total. The molecule has 0 saturated heterocycles. The normalized spacial score (nSPS) is 13.4. The van der Waals surface area contributed by atoms with Crippen molar-refractivity contribution < 1.29 is 31.8 Å². The first-order valence-electron chi connectivity index (χ1n) is 14.6. The Bertz CT molecular complexity index is 1910. The van der Waals surface area contributed by atoms with Crippen LogP contribution in [0.1, 0.15) is 49.7 Å². The molecule has 2 amide bonds. The van der Waals surface area contributed by atoms with Gasteiger partial charge in [0.15, 0.2) is 10.6 Å². The first-order valence-corrected chi connectivity index (χ1v) is 15.4. The lowest BCUT2D eigenvalue weighted by Gasteiger charge is -2.18. The predicted molar refractivity (Wildman–Crippen MR) is 170 cm³/mol. The van der Waals surface area contributed by atoms with E-state index in [0.29, 0.717) is 27.4 Å². The van der Waals surface area contributed by atoms with Crippen LogP contribution in [0.3, 0.4) is 0 Å². The number of hydrogen-bond donors (Lipinski definition) is 1. The van der Waals surface area contributed by atoms with Crippen LogP contribution in [0.4, 0.5) is 22.4 Å². The van der Waals surface area contributed by atoms with Gasteiger partial charge in [-0.2, -0.15) is 4.99 Å². The summed E-state index contributed by atoms with van der Waals surface area (Å²) in [6, 6.07) is 15.9. The van der Waals surface area contributed by atoms with Crippen LogP contribution < -0.4 is 19.6 Å². The van der Waals surface area contributed by atoms with E-state index in [1.54, 1.807) is 38.3 Å². The Kier molecular flexibility index (Phi) is 9.80. The Balaban J connectivity index is 1.27. The van der Waals surface area contributed by atoms with E-state index in [9.17, 15) is 18.0 Å². The molecule has 0 bridgehead atoms. The second-order valence-electron chi connectivity index (χ2n) is 11.0. The lowest BCUT2D eigenvalue weighted by Crippen LogP contribution is -2.35. The van der Waals surface area contributed by atoms with E-state index < -0.39 is 24.6 Å². The molecule has 47 heavy (non-hydrogen) atoms. The number of carbonyl (C=O) groups is 1. The van der Waals surface area contributed by atoms with Crippen molar-refractivity contribution in [2.24, 2.45) is 4.99 Å². The quantitative estimate of drug-likeness (QED) is 0.162. The van der Waals surface area contributed by atoms with Crippen LogP contribution in [-0.2, 0) is 0 Å². The van der Waals surface area contributed by atoms with Gasteiger partial charge in [0.2, 0.25) is 0 Å². The summed E-state index contributed by atoms with van der Waals surface area (Å²) in [5.74, 6) is 0.896. The highest BCUT2D eigenvalue weighted by molar-refractivity contribution is 7.07. The van der Waals surface area contributed by atoms with Crippen molar-refractivity contribution in [3.8, 4) is 34.3 Å². The smallest absolute Gasteiger partial charge is 0.497 e. The average Bonchev–Trinajstić information content (AvgIpc) is 3.67. The molecule has 2 unspecified atom stereocenters. The molecule has 2 aromatic heterocycles. The summed E-state index contributed by atoms with van der Waals surface area (Å²) in [7, 11) is 1.61. The van der Waals surface area contributed by atoms with Crippen LogP contribution in [0.25, 0.3) is 22.8 Å². The van der Waals surface area contributed by atoms with Crippen molar-refractivity contribution in [2.75, 3.05) is 7.11 Å². The molecule has 14 heteroatoms. The zero-order valence-electron chi connectivity index (χ0n) is 26.1. The van der Waals surface area contributed by atoms with Gasteiger partial charge < -0.3 is 14.8 Å². The first kappa shape index (κ1) is 33.4. The molecule has 2 atom stereocenters. The van der Waals surface area contributed by atoms with Crippen LogP contribution >= 0.6 is 11.3 Å². The van der Waals surface area contributed by atoms with E-state index in [1.165, 1.54) is 46.6 Å². The topological polar surface area (TPSA) is 95.6 Å². The largest absolute Gasteiger partial charge is 0.573 e. The highest BCUT2D eigenvalue weighted by Gasteiger charge is 2.31. The minimum absolute atomic E-state index is 0.182. The van der Waals surface area contributed by atoms with Crippen molar-refractivity contribution in [1.82, 2.24) is 24.6 Å². The van der Waals surface area contributed by atoms with Crippen LogP contribution in [0, 0.1) is 6.92 Å². The summed E-state index contributed by atoms with van der Waals surface area (Å²) < 4.78 is 65.4. The van der Waals surface area contributed by atoms with E-state index in [2.05, 4.69) is 39.0 Å². The number of carbonyl (C=O) groups excluding carboxylic acids is 1. The van der Waals surface area contributed by atoms with Gasteiger partial charge in [-0.05, 0) is 73.4 Å². The van der Waals surface area contributed by atoms with Crippen molar-refractivity contribution in [3.05, 3.63) is 100 Å². The molecule has 0 aliphatic heterocycles. The second-order valence-corrected chi connectivity index (χ2v) is 11.8. The Morgan fingerprint density at radius 2 is 1.68 bits per heavy atom. The Labute approximate surface area is 272 Å². The number of alkyl halides is 4. The number of nitrogens with zero attached hydrogens (tertiary/aromatic N) is 5. The van der Waals surface area contributed by atoms with Crippen LogP contribution in [-0.4, -0.2) is 44.9 Å². The Morgan fingerprint density at radius 1 is 1.00 bits per heavy atom. The monoisotopic (exact) mass is 668 g/mol. The molecule has 0 radical (unpaired) electrons. The summed E-state index contributed by atoms with van der Waals surface area (Å²) in [6.45, 7) is 7.64. The lowest BCUT2D eigenvalue weighted by molar-refractivity contribution is -0.274. The molecule has 1 N–H and O–H groups in total. The van der Waals surface area contributed by atoms with Gasteiger partial charge in [0.25, 0.3) is 0 Å². The van der Waals surface area contributed by atoms with Crippen molar-refractivity contribution in [2.45, 2.75) is 52.2 Å². The van der Waals surface area contributed by atoms with Crippen LogP contribution in [0.15, 0.2) is 83.4 Å². The minimum Gasteiger partial charge on any atom is -0.497 e. The molecule has 0 spiro atoms. The van der Waals surface area contributed by atoms with Gasteiger partial charge in [0.1, 0.15) is 24.0 Å².